The first-order chi connectivity index (χ1) is 10.3. The zero-order valence-electron chi connectivity index (χ0n) is 11.0. The standard InChI is InChI=1S/C16H10N4O/c17-11-12-9-15(13-5-1-3-7-18-13)20(21)16(10-12)14-6-2-4-8-19-14/h1-10H. The Morgan fingerprint density at radius 1 is 0.905 bits per heavy atom. The normalized spacial score (nSPS) is 10.0. The molecule has 3 rings (SSSR count). The van der Waals surface area contributed by atoms with Crippen LogP contribution in [-0.2, 0) is 0 Å². The molecule has 0 atom stereocenters. The lowest BCUT2D eigenvalue weighted by atomic mass is 10.1. The Bertz CT molecular complexity index is 750. The minimum absolute atomic E-state index is 0.329. The molecule has 0 saturated heterocycles. The summed E-state index contributed by atoms with van der Waals surface area (Å²) in [6.45, 7) is 0. The van der Waals surface area contributed by atoms with E-state index in [0.717, 1.165) is 4.73 Å². The van der Waals surface area contributed by atoms with Crippen molar-refractivity contribution in [3.05, 3.63) is 71.7 Å². The van der Waals surface area contributed by atoms with Crippen molar-refractivity contribution in [2.24, 2.45) is 0 Å². The molecule has 0 spiro atoms. The Labute approximate surface area is 121 Å². The maximum atomic E-state index is 12.6. The molecular weight excluding hydrogens is 264 g/mol. The van der Waals surface area contributed by atoms with E-state index < -0.39 is 0 Å². The van der Waals surface area contributed by atoms with Gasteiger partial charge in [0.05, 0.1) is 11.6 Å². The molecule has 0 aliphatic heterocycles. The van der Waals surface area contributed by atoms with Gasteiger partial charge in [0.1, 0.15) is 11.4 Å². The minimum Gasteiger partial charge on any atom is -0.618 e. The van der Waals surface area contributed by atoms with Crippen molar-refractivity contribution in [1.29, 1.82) is 5.26 Å². The van der Waals surface area contributed by atoms with E-state index in [1.165, 1.54) is 12.1 Å². The van der Waals surface area contributed by atoms with E-state index in [2.05, 4.69) is 16.0 Å². The number of nitrogens with zero attached hydrogens (tertiary/aromatic N) is 4. The molecule has 0 bridgehead atoms. The van der Waals surface area contributed by atoms with Crippen LogP contribution >= 0.6 is 0 Å². The Balaban J connectivity index is 2.26. The molecule has 3 heterocycles. The molecule has 3 aromatic heterocycles. The molecule has 0 unspecified atom stereocenters. The summed E-state index contributed by atoms with van der Waals surface area (Å²) in [7, 11) is 0. The molecule has 0 aromatic carbocycles. The van der Waals surface area contributed by atoms with Gasteiger partial charge in [-0.1, -0.05) is 12.1 Å². The van der Waals surface area contributed by atoms with E-state index in [1.807, 2.05) is 0 Å². The number of nitriles is 1. The highest BCUT2D eigenvalue weighted by Gasteiger charge is 2.19. The average molecular weight is 274 g/mol. The van der Waals surface area contributed by atoms with Crippen LogP contribution in [0, 0.1) is 16.5 Å². The van der Waals surface area contributed by atoms with Crippen molar-refractivity contribution < 1.29 is 4.73 Å². The second kappa shape index (κ2) is 5.39. The zero-order chi connectivity index (χ0) is 14.7. The highest BCUT2D eigenvalue weighted by atomic mass is 16.5. The molecule has 0 aliphatic carbocycles. The Morgan fingerprint density at radius 3 is 1.81 bits per heavy atom. The van der Waals surface area contributed by atoms with E-state index >= 15 is 0 Å². The molecule has 0 aliphatic rings. The third-order valence-electron chi connectivity index (χ3n) is 3.01. The molecule has 100 valence electrons. The summed E-state index contributed by atoms with van der Waals surface area (Å²) in [6.07, 6.45) is 3.21. The van der Waals surface area contributed by atoms with Crippen molar-refractivity contribution in [2.45, 2.75) is 0 Å². The predicted molar refractivity (Wildman–Crippen MR) is 76.6 cm³/mol. The summed E-state index contributed by atoms with van der Waals surface area (Å²) in [6, 6.07) is 15.7. The lowest BCUT2D eigenvalue weighted by molar-refractivity contribution is -0.582. The van der Waals surface area contributed by atoms with Crippen LogP contribution in [0.2, 0.25) is 0 Å². The van der Waals surface area contributed by atoms with Gasteiger partial charge in [-0.3, -0.25) is 0 Å². The van der Waals surface area contributed by atoms with Gasteiger partial charge in [-0.25, -0.2) is 9.97 Å². The van der Waals surface area contributed by atoms with Gasteiger partial charge in [0, 0.05) is 24.5 Å². The summed E-state index contributed by atoms with van der Waals surface area (Å²) in [5.74, 6) is 0. The summed E-state index contributed by atoms with van der Waals surface area (Å²) in [4.78, 5) is 8.34. The number of rotatable bonds is 2. The molecule has 5 nitrogen and oxygen atoms in total. The van der Waals surface area contributed by atoms with Gasteiger partial charge < -0.3 is 5.21 Å². The highest BCUT2D eigenvalue weighted by Crippen LogP contribution is 2.20. The Hall–Kier alpha value is -3.26. The van der Waals surface area contributed by atoms with E-state index in [1.54, 1.807) is 48.8 Å². The summed E-state index contributed by atoms with van der Waals surface area (Å²) < 4.78 is 0.755. The number of aromatic nitrogens is 3. The first kappa shape index (κ1) is 12.8. The molecule has 0 saturated carbocycles. The summed E-state index contributed by atoms with van der Waals surface area (Å²) in [5, 5.41) is 21.7. The molecular formula is C16H10N4O. The SMILES string of the molecule is N#Cc1cc(-c2ccccn2)[n+]([O-])c(-c2ccccn2)c1. The van der Waals surface area contributed by atoms with Gasteiger partial charge >= 0.3 is 0 Å². The van der Waals surface area contributed by atoms with Gasteiger partial charge in [0.25, 0.3) is 0 Å². The monoisotopic (exact) mass is 274 g/mol. The van der Waals surface area contributed by atoms with Crippen molar-refractivity contribution >= 4 is 0 Å². The van der Waals surface area contributed by atoms with Crippen LogP contribution in [0.4, 0.5) is 0 Å². The second-order valence-electron chi connectivity index (χ2n) is 4.35. The van der Waals surface area contributed by atoms with Gasteiger partial charge in [0.15, 0.2) is 0 Å². The second-order valence-corrected chi connectivity index (χ2v) is 4.35. The highest BCUT2D eigenvalue weighted by molar-refractivity contribution is 5.60. The smallest absolute Gasteiger partial charge is 0.244 e. The van der Waals surface area contributed by atoms with E-state index in [4.69, 9.17) is 5.26 Å². The van der Waals surface area contributed by atoms with Crippen LogP contribution in [0.3, 0.4) is 0 Å². The molecule has 21 heavy (non-hydrogen) atoms. The molecule has 0 radical (unpaired) electrons. The molecule has 0 N–H and O–H groups in total. The van der Waals surface area contributed by atoms with Crippen molar-refractivity contribution in [3.8, 4) is 28.8 Å². The fourth-order valence-electron chi connectivity index (χ4n) is 2.03. The van der Waals surface area contributed by atoms with Gasteiger partial charge in [-0.15, -0.1) is 0 Å². The minimum atomic E-state index is 0.329. The molecule has 0 amide bonds. The molecule has 3 aromatic rings. The lowest BCUT2D eigenvalue weighted by Gasteiger charge is -2.09. The van der Waals surface area contributed by atoms with Gasteiger partial charge in [-0.05, 0) is 24.3 Å². The van der Waals surface area contributed by atoms with Crippen LogP contribution in [-0.4, -0.2) is 9.97 Å². The fourth-order valence-corrected chi connectivity index (χ4v) is 2.03. The van der Waals surface area contributed by atoms with Gasteiger partial charge in [0.2, 0.25) is 11.4 Å². The average Bonchev–Trinajstić information content (AvgIpc) is 2.57. The van der Waals surface area contributed by atoms with Gasteiger partial charge in [-0.2, -0.15) is 9.99 Å². The number of pyridine rings is 3. The van der Waals surface area contributed by atoms with E-state index in [0.29, 0.717) is 28.3 Å². The first-order valence-electron chi connectivity index (χ1n) is 6.30. The van der Waals surface area contributed by atoms with Crippen LogP contribution < -0.4 is 4.73 Å². The van der Waals surface area contributed by atoms with Crippen molar-refractivity contribution in [3.63, 3.8) is 0 Å². The first-order valence-corrected chi connectivity index (χ1v) is 6.30. The molecule has 5 heteroatoms. The van der Waals surface area contributed by atoms with E-state index in [9.17, 15) is 5.21 Å². The number of hydrogen-bond donors (Lipinski definition) is 0. The maximum Gasteiger partial charge on any atom is 0.244 e. The summed E-state index contributed by atoms with van der Waals surface area (Å²) in [5.41, 5.74) is 2.08. The predicted octanol–water partition coefficient (Wildman–Crippen LogP) is 2.32. The topological polar surface area (TPSA) is 76.5 Å². The van der Waals surface area contributed by atoms with Crippen LogP contribution in [0.5, 0.6) is 0 Å². The Kier molecular flexibility index (Phi) is 3.27. The van der Waals surface area contributed by atoms with Crippen molar-refractivity contribution in [2.75, 3.05) is 0 Å². The number of hydrogen-bond acceptors (Lipinski definition) is 4. The maximum absolute atomic E-state index is 12.6. The zero-order valence-corrected chi connectivity index (χ0v) is 11.0. The third kappa shape index (κ3) is 2.42. The largest absolute Gasteiger partial charge is 0.618 e. The van der Waals surface area contributed by atoms with Crippen LogP contribution in [0.15, 0.2) is 60.9 Å². The summed E-state index contributed by atoms with van der Waals surface area (Å²) >= 11 is 0. The van der Waals surface area contributed by atoms with Crippen LogP contribution in [0.1, 0.15) is 5.56 Å². The molecule has 0 fully saturated rings. The van der Waals surface area contributed by atoms with Crippen molar-refractivity contribution in [1.82, 2.24) is 9.97 Å². The lowest BCUT2D eigenvalue weighted by Crippen LogP contribution is -2.33. The third-order valence-corrected chi connectivity index (χ3v) is 3.01. The Morgan fingerprint density at radius 2 is 1.43 bits per heavy atom. The van der Waals surface area contributed by atoms with E-state index in [-0.39, 0.29) is 0 Å². The quantitative estimate of drug-likeness (QED) is 0.530. The van der Waals surface area contributed by atoms with Crippen LogP contribution in [0.25, 0.3) is 22.8 Å². The fraction of sp³-hybridized carbons (Fsp3) is 0.